The van der Waals surface area contributed by atoms with Crippen molar-refractivity contribution in [1.29, 1.82) is 0 Å². The Kier molecular flexibility index (Phi) is 5.25. The Morgan fingerprint density at radius 1 is 1.43 bits per heavy atom. The molecule has 0 radical (unpaired) electrons. The summed E-state index contributed by atoms with van der Waals surface area (Å²) < 4.78 is 7.09. The predicted octanol–water partition coefficient (Wildman–Crippen LogP) is 3.41. The summed E-state index contributed by atoms with van der Waals surface area (Å²) in [6, 6.07) is 3.74. The van der Waals surface area contributed by atoms with E-state index in [1.54, 1.807) is 24.3 Å². The number of nitrogens with one attached hydrogen (secondary N) is 1. The molecule has 0 spiro atoms. The number of amides is 1. The van der Waals surface area contributed by atoms with Crippen molar-refractivity contribution in [2.24, 2.45) is 7.05 Å². The van der Waals surface area contributed by atoms with Gasteiger partial charge in [0.05, 0.1) is 0 Å². The van der Waals surface area contributed by atoms with E-state index in [0.717, 1.165) is 10.7 Å². The number of nitrogens with zero attached hydrogens (tertiary/aromatic N) is 4. The molecule has 1 atom stereocenters. The predicted molar refractivity (Wildman–Crippen MR) is 89.4 cm³/mol. The van der Waals surface area contributed by atoms with Crippen LogP contribution in [0.25, 0.3) is 0 Å². The van der Waals surface area contributed by atoms with Crippen LogP contribution in [0.1, 0.15) is 38.5 Å². The summed E-state index contributed by atoms with van der Waals surface area (Å²) >= 11 is 1.59. The number of rotatable bonds is 4. The third-order valence-corrected chi connectivity index (χ3v) is 4.04. The van der Waals surface area contributed by atoms with E-state index in [-0.39, 0.29) is 5.25 Å². The summed E-state index contributed by atoms with van der Waals surface area (Å²) in [5.74, 6) is 0.460. The SMILES string of the molecule is C[C@H](Sc1nncn1C)c1ccnc(NC(=O)OC(C)(C)C)c1. The molecule has 0 unspecified atom stereocenters. The molecule has 2 heterocycles. The minimum absolute atomic E-state index is 0.139. The molecule has 0 bridgehead atoms. The van der Waals surface area contributed by atoms with Crippen molar-refractivity contribution < 1.29 is 9.53 Å². The molecule has 2 aromatic rings. The lowest BCUT2D eigenvalue weighted by Crippen LogP contribution is -2.27. The smallest absolute Gasteiger partial charge is 0.413 e. The molecule has 0 aromatic carbocycles. The average molecular weight is 335 g/mol. The molecule has 8 heteroatoms. The van der Waals surface area contributed by atoms with Gasteiger partial charge in [0.2, 0.25) is 0 Å². The van der Waals surface area contributed by atoms with Gasteiger partial charge in [-0.25, -0.2) is 9.78 Å². The van der Waals surface area contributed by atoms with Crippen LogP contribution in [-0.4, -0.2) is 31.4 Å². The first-order valence-electron chi connectivity index (χ1n) is 7.21. The molecule has 1 N–H and O–H groups in total. The molecule has 0 aliphatic heterocycles. The molecule has 2 rings (SSSR count). The summed E-state index contributed by atoms with van der Waals surface area (Å²) in [5.41, 5.74) is 0.481. The van der Waals surface area contributed by atoms with Crippen molar-refractivity contribution in [3.8, 4) is 0 Å². The third-order valence-electron chi connectivity index (χ3n) is 2.83. The zero-order valence-electron chi connectivity index (χ0n) is 13.9. The molecule has 2 aromatic heterocycles. The van der Waals surface area contributed by atoms with Crippen molar-refractivity contribution in [2.75, 3.05) is 5.32 Å². The van der Waals surface area contributed by atoms with Gasteiger partial charge in [-0.15, -0.1) is 10.2 Å². The van der Waals surface area contributed by atoms with E-state index in [0.29, 0.717) is 5.82 Å². The van der Waals surface area contributed by atoms with Crippen molar-refractivity contribution in [1.82, 2.24) is 19.7 Å². The first-order valence-corrected chi connectivity index (χ1v) is 8.09. The number of thioether (sulfide) groups is 1. The molecular formula is C15H21N5O2S. The number of hydrogen-bond donors (Lipinski definition) is 1. The minimum Gasteiger partial charge on any atom is -0.444 e. The first kappa shape index (κ1) is 17.3. The van der Waals surface area contributed by atoms with E-state index in [4.69, 9.17) is 4.74 Å². The zero-order valence-corrected chi connectivity index (χ0v) is 14.7. The van der Waals surface area contributed by atoms with Crippen LogP contribution in [0, 0.1) is 0 Å². The van der Waals surface area contributed by atoms with Gasteiger partial charge < -0.3 is 9.30 Å². The minimum atomic E-state index is -0.546. The highest BCUT2D eigenvalue weighted by atomic mass is 32.2. The zero-order chi connectivity index (χ0) is 17.0. The lowest BCUT2D eigenvalue weighted by molar-refractivity contribution is 0.0635. The van der Waals surface area contributed by atoms with Gasteiger partial charge in [-0.05, 0) is 45.4 Å². The van der Waals surface area contributed by atoms with E-state index < -0.39 is 11.7 Å². The second-order valence-electron chi connectivity index (χ2n) is 6.09. The van der Waals surface area contributed by atoms with Gasteiger partial charge >= 0.3 is 6.09 Å². The topological polar surface area (TPSA) is 81.9 Å². The number of ether oxygens (including phenoxy) is 1. The number of pyridine rings is 1. The van der Waals surface area contributed by atoms with E-state index in [9.17, 15) is 4.79 Å². The van der Waals surface area contributed by atoms with Crippen molar-refractivity contribution >= 4 is 23.7 Å². The number of hydrogen-bond acceptors (Lipinski definition) is 6. The van der Waals surface area contributed by atoms with Gasteiger partial charge in [-0.3, -0.25) is 5.32 Å². The number of carbonyl (C=O) groups is 1. The van der Waals surface area contributed by atoms with Crippen LogP contribution in [0.5, 0.6) is 0 Å². The first-order chi connectivity index (χ1) is 10.7. The molecule has 1 amide bonds. The van der Waals surface area contributed by atoms with Crippen LogP contribution >= 0.6 is 11.8 Å². The normalized spacial score (nSPS) is 12.7. The third kappa shape index (κ3) is 5.24. The molecule has 0 saturated heterocycles. The number of carbonyl (C=O) groups excluding carboxylic acids is 1. The van der Waals surface area contributed by atoms with Gasteiger partial charge in [-0.2, -0.15) is 0 Å². The molecule has 0 aliphatic rings. The van der Waals surface area contributed by atoms with Gasteiger partial charge in [0, 0.05) is 18.5 Å². The van der Waals surface area contributed by atoms with E-state index in [2.05, 4.69) is 27.4 Å². The summed E-state index contributed by atoms with van der Waals surface area (Å²) in [5, 5.41) is 11.5. The Hall–Kier alpha value is -2.09. The highest BCUT2D eigenvalue weighted by Gasteiger charge is 2.17. The maximum atomic E-state index is 11.8. The molecular weight excluding hydrogens is 314 g/mol. The van der Waals surface area contributed by atoms with E-state index in [1.165, 1.54) is 0 Å². The second kappa shape index (κ2) is 6.99. The number of aromatic nitrogens is 4. The van der Waals surface area contributed by atoms with Crippen LogP contribution < -0.4 is 5.32 Å². The average Bonchev–Trinajstić information content (AvgIpc) is 2.82. The largest absolute Gasteiger partial charge is 0.444 e. The summed E-state index contributed by atoms with van der Waals surface area (Å²) in [4.78, 5) is 16.0. The van der Waals surface area contributed by atoms with Crippen LogP contribution in [0.4, 0.5) is 10.6 Å². The van der Waals surface area contributed by atoms with Crippen LogP contribution in [-0.2, 0) is 11.8 Å². The Bertz CT molecular complexity index is 681. The van der Waals surface area contributed by atoms with Gasteiger partial charge in [0.25, 0.3) is 0 Å². The molecule has 7 nitrogen and oxygen atoms in total. The van der Waals surface area contributed by atoms with E-state index >= 15 is 0 Å². The number of anilines is 1. The van der Waals surface area contributed by atoms with Crippen molar-refractivity contribution in [3.63, 3.8) is 0 Å². The lowest BCUT2D eigenvalue weighted by atomic mass is 10.2. The highest BCUT2D eigenvalue weighted by molar-refractivity contribution is 7.99. The summed E-state index contributed by atoms with van der Waals surface area (Å²) in [7, 11) is 1.90. The van der Waals surface area contributed by atoms with Crippen LogP contribution in [0.3, 0.4) is 0 Å². The molecule has 0 fully saturated rings. The Morgan fingerprint density at radius 2 is 2.17 bits per heavy atom. The highest BCUT2D eigenvalue weighted by Crippen LogP contribution is 2.33. The van der Waals surface area contributed by atoms with Gasteiger partial charge in [0.1, 0.15) is 17.7 Å². The fourth-order valence-corrected chi connectivity index (χ4v) is 2.69. The van der Waals surface area contributed by atoms with Crippen LogP contribution in [0.15, 0.2) is 29.8 Å². The van der Waals surface area contributed by atoms with Crippen molar-refractivity contribution in [3.05, 3.63) is 30.2 Å². The monoisotopic (exact) mass is 335 g/mol. The number of aryl methyl sites for hydroxylation is 1. The standard InChI is InChI=1S/C15H21N5O2S/c1-10(23-13-19-17-9-20(13)5)11-6-7-16-12(8-11)18-14(21)22-15(2,3)4/h6-10H,1-5H3,(H,16,18,21)/t10-/m0/s1. The Labute approximate surface area is 139 Å². The van der Waals surface area contributed by atoms with Gasteiger partial charge in [-0.1, -0.05) is 11.8 Å². The lowest BCUT2D eigenvalue weighted by Gasteiger charge is -2.19. The molecule has 0 saturated carbocycles. The quantitative estimate of drug-likeness (QED) is 0.862. The maximum Gasteiger partial charge on any atom is 0.413 e. The summed E-state index contributed by atoms with van der Waals surface area (Å²) in [6.45, 7) is 7.51. The molecule has 124 valence electrons. The molecule has 0 aliphatic carbocycles. The second-order valence-corrected chi connectivity index (χ2v) is 7.39. The molecule has 23 heavy (non-hydrogen) atoms. The van der Waals surface area contributed by atoms with Gasteiger partial charge in [0.15, 0.2) is 5.16 Å². The van der Waals surface area contributed by atoms with Crippen LogP contribution in [0.2, 0.25) is 0 Å². The van der Waals surface area contributed by atoms with Crippen molar-refractivity contribution in [2.45, 2.75) is 43.7 Å². The Morgan fingerprint density at radius 3 is 2.78 bits per heavy atom. The fourth-order valence-electron chi connectivity index (χ4n) is 1.78. The fraction of sp³-hybridized carbons (Fsp3) is 0.467. The van der Waals surface area contributed by atoms with E-state index in [1.807, 2.05) is 44.5 Å². The Balaban J connectivity index is 2.04. The summed E-state index contributed by atoms with van der Waals surface area (Å²) in [6.07, 6.45) is 2.81. The maximum absolute atomic E-state index is 11.8.